The number of carbonyl (C=O) groups excluding carboxylic acids is 2. The summed E-state index contributed by atoms with van der Waals surface area (Å²) in [6, 6.07) is 7.06. The van der Waals surface area contributed by atoms with E-state index in [1.165, 1.54) is 10.9 Å². The van der Waals surface area contributed by atoms with Crippen molar-refractivity contribution in [3.05, 3.63) is 46.2 Å². The summed E-state index contributed by atoms with van der Waals surface area (Å²) in [7, 11) is 1.71. The Labute approximate surface area is 149 Å². The molecular weight excluding hydrogens is 372 g/mol. The molecule has 1 saturated heterocycles. The van der Waals surface area contributed by atoms with E-state index in [0.29, 0.717) is 16.9 Å². The molecule has 1 aromatic carbocycles. The van der Waals surface area contributed by atoms with Crippen LogP contribution in [-0.2, 0) is 7.05 Å². The van der Waals surface area contributed by atoms with Crippen LogP contribution >= 0.6 is 15.9 Å². The highest BCUT2D eigenvalue weighted by molar-refractivity contribution is 9.10. The molecular formula is C17H19BrN4O2. The number of rotatable bonds is 3. The number of nitrogens with one attached hydrogen (secondary N) is 1. The van der Waals surface area contributed by atoms with Crippen molar-refractivity contribution >= 4 is 33.4 Å². The number of aromatic nitrogens is 2. The van der Waals surface area contributed by atoms with Crippen LogP contribution in [-0.4, -0.2) is 39.6 Å². The number of likely N-dealkylation sites (tertiary alicyclic amines) is 1. The fraction of sp³-hybridized carbons (Fsp3) is 0.353. The topological polar surface area (TPSA) is 67.2 Å². The highest BCUT2D eigenvalue weighted by Gasteiger charge is 2.25. The van der Waals surface area contributed by atoms with Crippen molar-refractivity contribution in [1.82, 2.24) is 14.7 Å². The van der Waals surface area contributed by atoms with Gasteiger partial charge in [-0.25, -0.2) is 0 Å². The maximum Gasteiger partial charge on any atom is 0.274 e. The van der Waals surface area contributed by atoms with Gasteiger partial charge < -0.3 is 10.2 Å². The molecule has 1 fully saturated rings. The molecule has 0 saturated carbocycles. The molecule has 2 amide bonds. The van der Waals surface area contributed by atoms with Gasteiger partial charge in [0.05, 0.1) is 11.9 Å². The number of aryl methyl sites for hydroxylation is 1. The van der Waals surface area contributed by atoms with E-state index in [1.54, 1.807) is 31.3 Å². The number of piperidine rings is 1. The molecule has 0 atom stereocenters. The van der Waals surface area contributed by atoms with E-state index < -0.39 is 0 Å². The zero-order valence-electron chi connectivity index (χ0n) is 13.5. The number of benzene rings is 1. The smallest absolute Gasteiger partial charge is 0.274 e. The molecule has 1 N–H and O–H groups in total. The van der Waals surface area contributed by atoms with Crippen LogP contribution in [0.1, 0.15) is 40.1 Å². The van der Waals surface area contributed by atoms with Crippen molar-refractivity contribution in [1.29, 1.82) is 0 Å². The van der Waals surface area contributed by atoms with Crippen molar-refractivity contribution in [2.75, 3.05) is 18.4 Å². The second kappa shape index (κ2) is 7.17. The highest BCUT2D eigenvalue weighted by atomic mass is 79.9. The Kier molecular flexibility index (Phi) is 4.99. The summed E-state index contributed by atoms with van der Waals surface area (Å²) < 4.78 is 2.43. The molecule has 1 aromatic heterocycles. The van der Waals surface area contributed by atoms with E-state index in [1.807, 2.05) is 4.90 Å². The number of anilines is 1. The standard InChI is InChI=1S/C17H19BrN4O2/c1-21-15(17(24)22-9-3-2-4-10-22)14(11-19-21)20-16(23)12-5-7-13(18)8-6-12/h5-8,11H,2-4,9-10H2,1H3,(H,20,23). The first-order valence-corrected chi connectivity index (χ1v) is 8.74. The van der Waals surface area contributed by atoms with Crippen LogP contribution < -0.4 is 5.32 Å². The molecule has 1 aliphatic heterocycles. The molecule has 0 radical (unpaired) electrons. The van der Waals surface area contributed by atoms with Gasteiger partial charge in [-0.3, -0.25) is 14.3 Å². The summed E-state index contributed by atoms with van der Waals surface area (Å²) in [6.45, 7) is 1.51. The Morgan fingerprint density at radius 2 is 1.79 bits per heavy atom. The third-order valence-electron chi connectivity index (χ3n) is 4.14. The van der Waals surface area contributed by atoms with E-state index >= 15 is 0 Å². The molecule has 2 heterocycles. The Bertz CT molecular complexity index is 748. The first-order chi connectivity index (χ1) is 11.6. The first kappa shape index (κ1) is 16.7. The van der Waals surface area contributed by atoms with Gasteiger partial charge in [0.1, 0.15) is 5.69 Å². The molecule has 0 bridgehead atoms. The van der Waals surface area contributed by atoms with Gasteiger partial charge in [0.2, 0.25) is 0 Å². The SMILES string of the molecule is Cn1ncc(NC(=O)c2ccc(Br)cc2)c1C(=O)N1CCCCC1. The Balaban J connectivity index is 1.80. The number of nitrogens with zero attached hydrogens (tertiary/aromatic N) is 3. The monoisotopic (exact) mass is 390 g/mol. The highest BCUT2D eigenvalue weighted by Crippen LogP contribution is 2.20. The summed E-state index contributed by atoms with van der Waals surface area (Å²) in [4.78, 5) is 27.0. The second-order valence-corrected chi connectivity index (χ2v) is 6.76. The second-order valence-electron chi connectivity index (χ2n) is 5.84. The maximum atomic E-state index is 12.8. The number of hydrogen-bond acceptors (Lipinski definition) is 3. The van der Waals surface area contributed by atoms with Gasteiger partial charge in [0.25, 0.3) is 11.8 Å². The Morgan fingerprint density at radius 1 is 1.12 bits per heavy atom. The average molecular weight is 391 g/mol. The van der Waals surface area contributed by atoms with Gasteiger partial charge >= 0.3 is 0 Å². The average Bonchev–Trinajstić information content (AvgIpc) is 2.96. The predicted octanol–water partition coefficient (Wildman–Crippen LogP) is 3.06. The Hall–Kier alpha value is -2.15. The largest absolute Gasteiger partial charge is 0.337 e. The molecule has 0 aliphatic carbocycles. The van der Waals surface area contributed by atoms with Crippen LogP contribution in [0.3, 0.4) is 0 Å². The molecule has 1 aliphatic rings. The molecule has 0 unspecified atom stereocenters. The minimum Gasteiger partial charge on any atom is -0.337 e. The van der Waals surface area contributed by atoms with E-state index in [4.69, 9.17) is 0 Å². The third-order valence-corrected chi connectivity index (χ3v) is 4.67. The van der Waals surface area contributed by atoms with Crippen molar-refractivity contribution in [3.8, 4) is 0 Å². The zero-order chi connectivity index (χ0) is 17.1. The lowest BCUT2D eigenvalue weighted by Crippen LogP contribution is -2.37. The van der Waals surface area contributed by atoms with Gasteiger partial charge in [-0.15, -0.1) is 0 Å². The van der Waals surface area contributed by atoms with E-state index in [-0.39, 0.29) is 11.8 Å². The summed E-state index contributed by atoms with van der Waals surface area (Å²) in [5, 5.41) is 6.94. The summed E-state index contributed by atoms with van der Waals surface area (Å²) in [5.74, 6) is -0.344. The lowest BCUT2D eigenvalue weighted by atomic mass is 10.1. The lowest BCUT2D eigenvalue weighted by Gasteiger charge is -2.27. The van der Waals surface area contributed by atoms with Gasteiger partial charge in [-0.2, -0.15) is 5.10 Å². The van der Waals surface area contributed by atoms with Crippen LogP contribution in [0.4, 0.5) is 5.69 Å². The van der Waals surface area contributed by atoms with Gasteiger partial charge in [-0.1, -0.05) is 15.9 Å². The lowest BCUT2D eigenvalue weighted by molar-refractivity contribution is 0.0714. The molecule has 24 heavy (non-hydrogen) atoms. The number of halogens is 1. The quantitative estimate of drug-likeness (QED) is 0.875. The van der Waals surface area contributed by atoms with E-state index in [2.05, 4.69) is 26.3 Å². The van der Waals surface area contributed by atoms with Crippen molar-refractivity contribution in [3.63, 3.8) is 0 Å². The van der Waals surface area contributed by atoms with Gasteiger partial charge in [0, 0.05) is 30.2 Å². The fourth-order valence-electron chi connectivity index (χ4n) is 2.83. The van der Waals surface area contributed by atoms with Crippen LogP contribution in [0, 0.1) is 0 Å². The molecule has 7 heteroatoms. The van der Waals surface area contributed by atoms with Crippen LogP contribution in [0.25, 0.3) is 0 Å². The van der Waals surface area contributed by atoms with E-state index in [0.717, 1.165) is 36.8 Å². The molecule has 3 rings (SSSR count). The molecule has 0 spiro atoms. The molecule has 6 nitrogen and oxygen atoms in total. The molecule has 2 aromatic rings. The minimum atomic E-state index is -0.261. The van der Waals surface area contributed by atoms with Crippen molar-refractivity contribution < 1.29 is 9.59 Å². The fourth-order valence-corrected chi connectivity index (χ4v) is 3.09. The summed E-state index contributed by atoms with van der Waals surface area (Å²) >= 11 is 3.34. The van der Waals surface area contributed by atoms with Crippen LogP contribution in [0.2, 0.25) is 0 Å². The molecule has 126 valence electrons. The number of hydrogen-bond donors (Lipinski definition) is 1. The third kappa shape index (κ3) is 3.51. The normalized spacial score (nSPS) is 14.5. The summed E-state index contributed by atoms with van der Waals surface area (Å²) in [6.07, 6.45) is 4.71. The number of carbonyl (C=O) groups is 2. The minimum absolute atomic E-state index is 0.0826. The first-order valence-electron chi connectivity index (χ1n) is 7.94. The van der Waals surface area contributed by atoms with Crippen molar-refractivity contribution in [2.24, 2.45) is 7.05 Å². The Morgan fingerprint density at radius 3 is 2.46 bits per heavy atom. The van der Waals surface area contributed by atoms with Crippen molar-refractivity contribution in [2.45, 2.75) is 19.3 Å². The summed E-state index contributed by atoms with van der Waals surface area (Å²) in [5.41, 5.74) is 1.39. The maximum absolute atomic E-state index is 12.8. The van der Waals surface area contributed by atoms with E-state index in [9.17, 15) is 9.59 Å². The van der Waals surface area contributed by atoms with Gasteiger partial charge in [0.15, 0.2) is 0 Å². The van der Waals surface area contributed by atoms with Gasteiger partial charge in [-0.05, 0) is 43.5 Å². The zero-order valence-corrected chi connectivity index (χ0v) is 15.0. The predicted molar refractivity (Wildman–Crippen MR) is 95.1 cm³/mol. The van der Waals surface area contributed by atoms with Crippen LogP contribution in [0.15, 0.2) is 34.9 Å². The number of amides is 2. The van der Waals surface area contributed by atoms with Crippen LogP contribution in [0.5, 0.6) is 0 Å².